The first-order valence-corrected chi connectivity index (χ1v) is 12.2. The minimum Gasteiger partial charge on any atom is -0.494 e. The molecule has 1 N–H and O–H groups in total. The predicted molar refractivity (Wildman–Crippen MR) is 118 cm³/mol. The van der Waals surface area contributed by atoms with Crippen molar-refractivity contribution in [3.63, 3.8) is 0 Å². The quantitative estimate of drug-likeness (QED) is 0.678. The minimum absolute atomic E-state index is 0.128. The SMILES string of the molecule is CCOc1ccc(NC(=O)CCS(=O)(=O)c2ccc3c(c2)CCN3C(=O)C2CC2)cc1. The van der Waals surface area contributed by atoms with Crippen molar-refractivity contribution in [2.45, 2.75) is 37.5 Å². The highest BCUT2D eigenvalue weighted by atomic mass is 32.2. The second-order valence-electron chi connectivity index (χ2n) is 7.88. The van der Waals surface area contributed by atoms with Crippen LogP contribution in [0.1, 0.15) is 31.7 Å². The highest BCUT2D eigenvalue weighted by molar-refractivity contribution is 7.91. The molecule has 0 aromatic heterocycles. The summed E-state index contributed by atoms with van der Waals surface area (Å²) in [6.45, 7) is 3.04. The Labute approximate surface area is 182 Å². The third-order valence-electron chi connectivity index (χ3n) is 5.55. The van der Waals surface area contributed by atoms with Gasteiger partial charge in [-0.3, -0.25) is 9.59 Å². The lowest BCUT2D eigenvalue weighted by molar-refractivity contribution is -0.119. The summed E-state index contributed by atoms with van der Waals surface area (Å²) in [7, 11) is -3.61. The molecule has 1 aliphatic heterocycles. The van der Waals surface area contributed by atoms with Gasteiger partial charge in [-0.05, 0) is 74.2 Å². The van der Waals surface area contributed by atoms with Gasteiger partial charge in [-0.1, -0.05) is 0 Å². The molecule has 0 spiro atoms. The van der Waals surface area contributed by atoms with E-state index in [9.17, 15) is 18.0 Å². The van der Waals surface area contributed by atoms with Crippen LogP contribution in [-0.4, -0.2) is 39.1 Å². The van der Waals surface area contributed by atoms with Crippen LogP contribution in [0, 0.1) is 5.92 Å². The summed E-state index contributed by atoms with van der Waals surface area (Å²) in [4.78, 5) is 26.6. The number of amides is 2. The number of hydrogen-bond acceptors (Lipinski definition) is 5. The molecule has 1 fully saturated rings. The van der Waals surface area contributed by atoms with Crippen LogP contribution in [0.5, 0.6) is 5.75 Å². The minimum atomic E-state index is -3.61. The van der Waals surface area contributed by atoms with Crippen LogP contribution < -0.4 is 15.0 Å². The molecule has 164 valence electrons. The van der Waals surface area contributed by atoms with Crippen molar-refractivity contribution in [2.75, 3.05) is 29.1 Å². The van der Waals surface area contributed by atoms with Gasteiger partial charge >= 0.3 is 0 Å². The number of carbonyl (C=O) groups is 2. The molecule has 4 rings (SSSR count). The third-order valence-corrected chi connectivity index (χ3v) is 7.26. The Hall–Kier alpha value is -2.87. The summed E-state index contributed by atoms with van der Waals surface area (Å²) in [5, 5.41) is 2.71. The Morgan fingerprint density at radius 2 is 1.87 bits per heavy atom. The monoisotopic (exact) mass is 442 g/mol. The molecule has 0 unspecified atom stereocenters. The van der Waals surface area contributed by atoms with E-state index in [4.69, 9.17) is 4.74 Å². The van der Waals surface area contributed by atoms with Crippen molar-refractivity contribution in [3.05, 3.63) is 48.0 Å². The molecule has 0 saturated heterocycles. The number of ether oxygens (including phenoxy) is 1. The second-order valence-corrected chi connectivity index (χ2v) is 9.99. The zero-order chi connectivity index (χ0) is 22.0. The fraction of sp³-hybridized carbons (Fsp3) is 0.391. The third kappa shape index (κ3) is 4.90. The smallest absolute Gasteiger partial charge is 0.230 e. The Morgan fingerprint density at radius 3 is 2.55 bits per heavy atom. The van der Waals surface area contributed by atoms with Gasteiger partial charge in [0.15, 0.2) is 9.84 Å². The van der Waals surface area contributed by atoms with Crippen molar-refractivity contribution in [3.8, 4) is 5.75 Å². The predicted octanol–water partition coefficient (Wildman–Crippen LogP) is 3.19. The van der Waals surface area contributed by atoms with E-state index in [1.807, 2.05) is 6.92 Å². The number of sulfone groups is 1. The van der Waals surface area contributed by atoms with Crippen LogP contribution in [0.25, 0.3) is 0 Å². The maximum Gasteiger partial charge on any atom is 0.230 e. The fourth-order valence-electron chi connectivity index (χ4n) is 3.72. The van der Waals surface area contributed by atoms with Crippen molar-refractivity contribution >= 4 is 33.0 Å². The van der Waals surface area contributed by atoms with Crippen LogP contribution in [-0.2, 0) is 25.8 Å². The van der Waals surface area contributed by atoms with Gasteiger partial charge in [0.2, 0.25) is 11.8 Å². The Bertz CT molecular complexity index is 1090. The molecule has 7 nitrogen and oxygen atoms in total. The van der Waals surface area contributed by atoms with Crippen molar-refractivity contribution < 1.29 is 22.7 Å². The van der Waals surface area contributed by atoms with Crippen LogP contribution in [0.2, 0.25) is 0 Å². The zero-order valence-electron chi connectivity index (χ0n) is 17.5. The summed E-state index contributed by atoms with van der Waals surface area (Å²) in [6, 6.07) is 11.8. The lowest BCUT2D eigenvalue weighted by atomic mass is 10.2. The molecule has 0 atom stereocenters. The normalized spacial score (nSPS) is 15.5. The van der Waals surface area contributed by atoms with Crippen molar-refractivity contribution in [1.82, 2.24) is 0 Å². The maximum atomic E-state index is 12.8. The average Bonchev–Trinajstić information content (AvgIpc) is 3.52. The number of hydrogen-bond donors (Lipinski definition) is 1. The molecule has 2 aliphatic rings. The molecule has 1 aliphatic carbocycles. The van der Waals surface area contributed by atoms with Gasteiger partial charge in [0, 0.05) is 30.3 Å². The van der Waals surface area contributed by atoms with Gasteiger partial charge in [-0.15, -0.1) is 0 Å². The van der Waals surface area contributed by atoms with E-state index in [-0.39, 0.29) is 34.8 Å². The second kappa shape index (κ2) is 8.70. The van der Waals surface area contributed by atoms with Crippen molar-refractivity contribution in [2.24, 2.45) is 5.92 Å². The number of nitrogens with zero attached hydrogens (tertiary/aromatic N) is 1. The first kappa shape index (κ1) is 21.4. The van der Waals surface area contributed by atoms with Gasteiger partial charge < -0.3 is 15.0 Å². The molecule has 1 heterocycles. The summed E-state index contributed by atoms with van der Waals surface area (Å²) in [5.74, 6) is 0.329. The summed E-state index contributed by atoms with van der Waals surface area (Å²) >= 11 is 0. The molecular weight excluding hydrogens is 416 g/mol. The fourth-order valence-corrected chi connectivity index (χ4v) is 5.01. The zero-order valence-corrected chi connectivity index (χ0v) is 18.3. The van der Waals surface area contributed by atoms with Gasteiger partial charge in [-0.25, -0.2) is 8.42 Å². The number of carbonyl (C=O) groups excluding carboxylic acids is 2. The van der Waals surface area contributed by atoms with Crippen LogP contribution >= 0.6 is 0 Å². The molecule has 2 aromatic carbocycles. The standard InChI is InChI=1S/C23H26N2O5S/c1-2-30-19-7-5-18(6-8-19)24-22(26)12-14-31(28,29)20-9-10-21-17(15-20)11-13-25(21)23(27)16-3-4-16/h5-10,15-16H,2-4,11-14H2,1H3,(H,24,26). The van der Waals surface area contributed by atoms with E-state index in [1.165, 1.54) is 6.07 Å². The molecule has 2 amide bonds. The summed E-state index contributed by atoms with van der Waals surface area (Å²) in [5.41, 5.74) is 2.27. The van der Waals surface area contributed by atoms with E-state index in [1.54, 1.807) is 41.3 Å². The Balaban J connectivity index is 1.36. The summed E-state index contributed by atoms with van der Waals surface area (Å²) < 4.78 is 30.9. The highest BCUT2D eigenvalue weighted by Crippen LogP contribution is 2.37. The van der Waals surface area contributed by atoms with Gasteiger partial charge in [0.1, 0.15) is 5.75 Å². The Morgan fingerprint density at radius 1 is 1.13 bits per heavy atom. The first-order valence-electron chi connectivity index (χ1n) is 10.6. The Kier molecular flexibility index (Phi) is 6.00. The molecule has 31 heavy (non-hydrogen) atoms. The topological polar surface area (TPSA) is 92.8 Å². The van der Waals surface area contributed by atoms with E-state index in [2.05, 4.69) is 5.32 Å². The number of anilines is 2. The highest BCUT2D eigenvalue weighted by Gasteiger charge is 2.36. The largest absolute Gasteiger partial charge is 0.494 e. The van der Waals surface area contributed by atoms with Gasteiger partial charge in [-0.2, -0.15) is 0 Å². The van der Waals surface area contributed by atoms with E-state index in [0.717, 1.165) is 24.1 Å². The van der Waals surface area contributed by atoms with Crippen LogP contribution in [0.4, 0.5) is 11.4 Å². The molecular formula is C23H26N2O5S. The van der Waals surface area contributed by atoms with Gasteiger partial charge in [0.25, 0.3) is 0 Å². The van der Waals surface area contributed by atoms with Crippen LogP contribution in [0.15, 0.2) is 47.4 Å². The van der Waals surface area contributed by atoms with Gasteiger partial charge in [0.05, 0.1) is 17.3 Å². The molecule has 0 bridgehead atoms. The number of fused-ring (bicyclic) bond motifs is 1. The molecule has 2 aromatic rings. The molecule has 1 saturated carbocycles. The molecule has 0 radical (unpaired) electrons. The van der Waals surface area contributed by atoms with Crippen molar-refractivity contribution in [1.29, 1.82) is 0 Å². The number of nitrogens with one attached hydrogen (secondary N) is 1. The lowest BCUT2D eigenvalue weighted by Crippen LogP contribution is -2.30. The maximum absolute atomic E-state index is 12.8. The lowest BCUT2D eigenvalue weighted by Gasteiger charge is -2.17. The van der Waals surface area contributed by atoms with E-state index in [0.29, 0.717) is 31.0 Å². The number of benzene rings is 2. The first-order chi connectivity index (χ1) is 14.9. The van der Waals surface area contributed by atoms with Crippen LogP contribution in [0.3, 0.4) is 0 Å². The molecule has 8 heteroatoms. The summed E-state index contributed by atoms with van der Waals surface area (Å²) in [6.07, 6.45) is 2.39. The number of rotatable bonds is 8. The van der Waals surface area contributed by atoms with E-state index < -0.39 is 9.84 Å². The van der Waals surface area contributed by atoms with E-state index >= 15 is 0 Å². The average molecular weight is 443 g/mol.